The third-order valence-corrected chi connectivity index (χ3v) is 3.62. The quantitative estimate of drug-likeness (QED) is 0.636. The second-order valence-electron chi connectivity index (χ2n) is 4.70. The summed E-state index contributed by atoms with van der Waals surface area (Å²) >= 11 is 3.53. The summed E-state index contributed by atoms with van der Waals surface area (Å²) < 4.78 is 6.81. The zero-order chi connectivity index (χ0) is 13.9. The number of aryl methyl sites for hydroxylation is 1. The van der Waals surface area contributed by atoms with Gasteiger partial charge in [-0.2, -0.15) is 0 Å². The topological polar surface area (TPSA) is 21.3 Å². The molecule has 19 heavy (non-hydrogen) atoms. The smallest absolute Gasteiger partial charge is 0.122 e. The molecular formula is C16H26BrNO. The van der Waals surface area contributed by atoms with Crippen LogP contribution in [0.15, 0.2) is 22.7 Å². The molecule has 0 aliphatic heterocycles. The molecule has 0 saturated heterocycles. The molecular weight excluding hydrogens is 302 g/mol. The Morgan fingerprint density at radius 3 is 2.63 bits per heavy atom. The van der Waals surface area contributed by atoms with E-state index in [1.807, 2.05) is 13.0 Å². The van der Waals surface area contributed by atoms with Crippen LogP contribution in [0, 0.1) is 0 Å². The highest BCUT2D eigenvalue weighted by atomic mass is 79.9. The molecule has 0 aliphatic carbocycles. The Morgan fingerprint density at radius 2 is 1.89 bits per heavy atom. The zero-order valence-electron chi connectivity index (χ0n) is 12.2. The highest BCUT2D eigenvalue weighted by Gasteiger charge is 2.04. The molecule has 0 saturated carbocycles. The van der Waals surface area contributed by atoms with Crippen LogP contribution in [0.25, 0.3) is 0 Å². The van der Waals surface area contributed by atoms with Gasteiger partial charge in [-0.05, 0) is 63.0 Å². The van der Waals surface area contributed by atoms with Gasteiger partial charge in [-0.3, -0.25) is 0 Å². The van der Waals surface area contributed by atoms with Crippen molar-refractivity contribution in [3.8, 4) is 5.75 Å². The van der Waals surface area contributed by atoms with Gasteiger partial charge in [0.1, 0.15) is 5.75 Å². The molecule has 0 amide bonds. The Kier molecular flexibility index (Phi) is 8.93. The molecule has 0 spiro atoms. The minimum absolute atomic E-state index is 0.733. The maximum Gasteiger partial charge on any atom is 0.122 e. The zero-order valence-corrected chi connectivity index (χ0v) is 13.8. The van der Waals surface area contributed by atoms with Crippen LogP contribution >= 0.6 is 15.9 Å². The third-order valence-electron chi connectivity index (χ3n) is 3.12. The summed E-state index contributed by atoms with van der Waals surface area (Å²) in [6.45, 7) is 7.15. The highest BCUT2D eigenvalue weighted by molar-refractivity contribution is 9.10. The van der Waals surface area contributed by atoms with Crippen LogP contribution in [0.2, 0.25) is 0 Å². The average molecular weight is 328 g/mol. The summed E-state index contributed by atoms with van der Waals surface area (Å²) in [5, 5.41) is 3.36. The van der Waals surface area contributed by atoms with Gasteiger partial charge in [0.05, 0.1) is 6.61 Å². The largest absolute Gasteiger partial charge is 0.494 e. The molecule has 108 valence electrons. The van der Waals surface area contributed by atoms with Crippen molar-refractivity contribution in [3.05, 3.63) is 28.2 Å². The van der Waals surface area contributed by atoms with E-state index in [0.717, 1.165) is 36.3 Å². The standard InChI is InChI=1S/C16H26BrNO/c1-3-18-12-8-6-5-7-9-14-13-15(17)10-11-16(14)19-4-2/h10-11,13,18H,3-9,12H2,1-2H3. The van der Waals surface area contributed by atoms with Gasteiger partial charge in [-0.15, -0.1) is 0 Å². The molecule has 3 heteroatoms. The normalized spacial score (nSPS) is 10.7. The van der Waals surface area contributed by atoms with E-state index in [1.54, 1.807) is 0 Å². The second kappa shape index (κ2) is 10.3. The van der Waals surface area contributed by atoms with Crippen molar-refractivity contribution in [1.29, 1.82) is 0 Å². The summed E-state index contributed by atoms with van der Waals surface area (Å²) in [6, 6.07) is 6.29. The maximum atomic E-state index is 5.67. The van der Waals surface area contributed by atoms with Crippen molar-refractivity contribution >= 4 is 15.9 Å². The first kappa shape index (κ1) is 16.5. The Hall–Kier alpha value is -0.540. The van der Waals surface area contributed by atoms with E-state index in [0.29, 0.717) is 0 Å². The fourth-order valence-corrected chi connectivity index (χ4v) is 2.54. The van der Waals surface area contributed by atoms with Crippen molar-refractivity contribution < 1.29 is 4.74 Å². The minimum atomic E-state index is 0.733. The lowest BCUT2D eigenvalue weighted by Gasteiger charge is -2.10. The molecule has 2 nitrogen and oxygen atoms in total. The van der Waals surface area contributed by atoms with Crippen LogP contribution in [0.3, 0.4) is 0 Å². The molecule has 0 bridgehead atoms. The van der Waals surface area contributed by atoms with E-state index >= 15 is 0 Å². The molecule has 1 aromatic carbocycles. The number of hydrogen-bond donors (Lipinski definition) is 1. The van der Waals surface area contributed by atoms with Gasteiger partial charge in [-0.1, -0.05) is 35.7 Å². The van der Waals surface area contributed by atoms with Crippen molar-refractivity contribution in [3.63, 3.8) is 0 Å². The Balaban J connectivity index is 2.29. The molecule has 1 aromatic rings. The fraction of sp³-hybridized carbons (Fsp3) is 0.625. The SMILES string of the molecule is CCNCCCCCCc1cc(Br)ccc1OCC. The van der Waals surface area contributed by atoms with Gasteiger partial charge >= 0.3 is 0 Å². The third kappa shape index (κ3) is 6.98. The molecule has 0 aromatic heterocycles. The molecule has 0 atom stereocenters. The van der Waals surface area contributed by atoms with E-state index in [-0.39, 0.29) is 0 Å². The fourth-order valence-electron chi connectivity index (χ4n) is 2.14. The minimum Gasteiger partial charge on any atom is -0.494 e. The van der Waals surface area contributed by atoms with Gasteiger partial charge in [-0.25, -0.2) is 0 Å². The van der Waals surface area contributed by atoms with Crippen LogP contribution in [-0.4, -0.2) is 19.7 Å². The number of nitrogens with one attached hydrogen (secondary N) is 1. The Morgan fingerprint density at radius 1 is 1.11 bits per heavy atom. The van der Waals surface area contributed by atoms with E-state index in [4.69, 9.17) is 4.74 Å². The molecule has 1 rings (SSSR count). The number of ether oxygens (including phenoxy) is 1. The predicted molar refractivity (Wildman–Crippen MR) is 86.0 cm³/mol. The van der Waals surface area contributed by atoms with E-state index in [1.165, 1.54) is 31.2 Å². The molecule has 0 unspecified atom stereocenters. The molecule has 0 aliphatic rings. The lowest BCUT2D eigenvalue weighted by atomic mass is 10.1. The van der Waals surface area contributed by atoms with Crippen LogP contribution in [-0.2, 0) is 6.42 Å². The van der Waals surface area contributed by atoms with Crippen molar-refractivity contribution in [1.82, 2.24) is 5.32 Å². The second-order valence-corrected chi connectivity index (χ2v) is 5.62. The van der Waals surface area contributed by atoms with Crippen molar-refractivity contribution in [2.75, 3.05) is 19.7 Å². The maximum absolute atomic E-state index is 5.67. The summed E-state index contributed by atoms with van der Waals surface area (Å²) in [6.07, 6.45) is 6.23. The van der Waals surface area contributed by atoms with Crippen LogP contribution < -0.4 is 10.1 Å². The summed E-state index contributed by atoms with van der Waals surface area (Å²) in [5.74, 6) is 1.04. The summed E-state index contributed by atoms with van der Waals surface area (Å²) in [7, 11) is 0. The average Bonchev–Trinajstić information content (AvgIpc) is 2.41. The lowest BCUT2D eigenvalue weighted by molar-refractivity contribution is 0.336. The molecule has 0 heterocycles. The summed E-state index contributed by atoms with van der Waals surface area (Å²) in [5.41, 5.74) is 1.32. The first-order valence-electron chi connectivity index (χ1n) is 7.39. The number of hydrogen-bond acceptors (Lipinski definition) is 2. The molecule has 0 fully saturated rings. The Labute approximate surface area is 126 Å². The van der Waals surface area contributed by atoms with Gasteiger partial charge in [0.25, 0.3) is 0 Å². The van der Waals surface area contributed by atoms with E-state index in [2.05, 4.69) is 40.3 Å². The van der Waals surface area contributed by atoms with Crippen molar-refractivity contribution in [2.24, 2.45) is 0 Å². The number of halogens is 1. The number of unbranched alkanes of at least 4 members (excludes halogenated alkanes) is 3. The first-order chi connectivity index (χ1) is 9.27. The van der Waals surface area contributed by atoms with Crippen molar-refractivity contribution in [2.45, 2.75) is 46.0 Å². The van der Waals surface area contributed by atoms with E-state index < -0.39 is 0 Å². The number of rotatable bonds is 10. The molecule has 1 N–H and O–H groups in total. The van der Waals surface area contributed by atoms with Gasteiger partial charge in [0.15, 0.2) is 0 Å². The lowest BCUT2D eigenvalue weighted by Crippen LogP contribution is -2.13. The monoisotopic (exact) mass is 327 g/mol. The Bertz CT molecular complexity index is 355. The highest BCUT2D eigenvalue weighted by Crippen LogP contribution is 2.25. The van der Waals surface area contributed by atoms with Gasteiger partial charge in [0.2, 0.25) is 0 Å². The van der Waals surface area contributed by atoms with Crippen LogP contribution in [0.5, 0.6) is 5.75 Å². The number of benzene rings is 1. The van der Waals surface area contributed by atoms with Gasteiger partial charge in [0, 0.05) is 4.47 Å². The molecule has 0 radical (unpaired) electrons. The van der Waals surface area contributed by atoms with E-state index in [9.17, 15) is 0 Å². The predicted octanol–water partition coefficient (Wildman–Crippen LogP) is 4.56. The summed E-state index contributed by atoms with van der Waals surface area (Å²) in [4.78, 5) is 0. The first-order valence-corrected chi connectivity index (χ1v) is 8.19. The van der Waals surface area contributed by atoms with Crippen LogP contribution in [0.4, 0.5) is 0 Å². The van der Waals surface area contributed by atoms with Crippen LogP contribution in [0.1, 0.15) is 45.1 Å². The van der Waals surface area contributed by atoms with Gasteiger partial charge < -0.3 is 10.1 Å².